The van der Waals surface area contributed by atoms with Crippen LogP contribution in [0.3, 0.4) is 0 Å². The van der Waals surface area contributed by atoms with Crippen LogP contribution in [-0.2, 0) is 6.54 Å². The third kappa shape index (κ3) is 2.98. The van der Waals surface area contributed by atoms with Gasteiger partial charge in [0.2, 0.25) is 0 Å². The second-order valence-corrected chi connectivity index (χ2v) is 6.36. The zero-order chi connectivity index (χ0) is 11.5. The number of aryl methyl sites for hydroxylation is 2. The van der Waals surface area contributed by atoms with E-state index in [1.165, 1.54) is 24.6 Å². The van der Waals surface area contributed by atoms with Crippen molar-refractivity contribution >= 4 is 39.6 Å². The molecule has 0 atom stereocenters. The molecule has 0 unspecified atom stereocenters. The number of halogens is 1. The van der Waals surface area contributed by atoms with Crippen molar-refractivity contribution in [2.24, 2.45) is 0 Å². The Balaban J connectivity index is 2.02. The Bertz CT molecular complexity index is 490. The quantitative estimate of drug-likeness (QED) is 0.805. The fraction of sp³-hybridized carbons (Fsp3) is 0.231. The summed E-state index contributed by atoms with van der Waals surface area (Å²) in [6.07, 6.45) is 0. The lowest BCUT2D eigenvalue weighted by Gasteiger charge is -2.06. The highest BCUT2D eigenvalue weighted by molar-refractivity contribution is 14.1. The molecule has 16 heavy (non-hydrogen) atoms. The molecular weight excluding hydrogens is 329 g/mol. The van der Waals surface area contributed by atoms with Crippen LogP contribution in [0.15, 0.2) is 30.3 Å². The molecule has 2 aromatic rings. The van der Waals surface area contributed by atoms with Gasteiger partial charge in [0.05, 0.1) is 0 Å². The second-order valence-electron chi connectivity index (χ2n) is 3.83. The summed E-state index contributed by atoms with van der Waals surface area (Å²) in [4.78, 5) is 2.75. The molecule has 2 rings (SSSR count). The summed E-state index contributed by atoms with van der Waals surface area (Å²) in [5, 5.41) is 3.45. The molecule has 0 aliphatic heterocycles. The molecule has 84 valence electrons. The van der Waals surface area contributed by atoms with Crippen molar-refractivity contribution in [3.8, 4) is 0 Å². The molecule has 3 heteroatoms. The average Bonchev–Trinajstić information content (AvgIpc) is 2.66. The largest absolute Gasteiger partial charge is 0.380 e. The van der Waals surface area contributed by atoms with Crippen LogP contribution in [0.2, 0.25) is 0 Å². The molecule has 1 nitrogen and oxygen atoms in total. The number of benzene rings is 1. The predicted molar refractivity (Wildman–Crippen MR) is 80.3 cm³/mol. The molecule has 0 radical (unpaired) electrons. The molecule has 0 aliphatic rings. The van der Waals surface area contributed by atoms with Crippen molar-refractivity contribution in [1.29, 1.82) is 0 Å². The van der Waals surface area contributed by atoms with Crippen molar-refractivity contribution in [3.05, 3.63) is 49.2 Å². The Kier molecular flexibility index (Phi) is 3.86. The maximum atomic E-state index is 3.45. The summed E-state index contributed by atoms with van der Waals surface area (Å²) in [7, 11) is 0. The van der Waals surface area contributed by atoms with Crippen molar-refractivity contribution in [2.75, 3.05) is 5.32 Å². The van der Waals surface area contributed by atoms with Crippen LogP contribution in [0.5, 0.6) is 0 Å². The normalized spacial score (nSPS) is 10.4. The highest BCUT2D eigenvalue weighted by Gasteiger charge is 1.99. The molecule has 1 N–H and O–H groups in total. The minimum atomic E-state index is 0.914. The van der Waals surface area contributed by atoms with E-state index in [0.29, 0.717) is 0 Å². The molecule has 0 spiro atoms. The predicted octanol–water partition coefficient (Wildman–Crippen LogP) is 4.58. The lowest BCUT2D eigenvalue weighted by molar-refractivity contribution is 1.19. The molecule has 0 fully saturated rings. The monoisotopic (exact) mass is 343 g/mol. The number of thiophene rings is 1. The standard InChI is InChI=1S/C13H14INS/c1-9-3-5-11(7-13(9)14)15-8-12-6-4-10(2)16-12/h3-7,15H,8H2,1-2H3. The van der Waals surface area contributed by atoms with E-state index < -0.39 is 0 Å². The summed E-state index contributed by atoms with van der Waals surface area (Å²) in [6, 6.07) is 10.8. The van der Waals surface area contributed by atoms with Gasteiger partial charge in [0.1, 0.15) is 0 Å². The fourth-order valence-corrected chi connectivity index (χ4v) is 2.82. The van der Waals surface area contributed by atoms with Gasteiger partial charge in [-0.15, -0.1) is 11.3 Å². The Morgan fingerprint density at radius 1 is 1.19 bits per heavy atom. The second kappa shape index (κ2) is 5.19. The van der Waals surface area contributed by atoms with E-state index in [0.717, 1.165) is 6.54 Å². The molecule has 1 aromatic carbocycles. The molecule has 1 heterocycles. The number of anilines is 1. The Labute approximate surface area is 114 Å². The lowest BCUT2D eigenvalue weighted by Crippen LogP contribution is -1.97. The molecule has 0 saturated carbocycles. The van der Waals surface area contributed by atoms with E-state index in [-0.39, 0.29) is 0 Å². The van der Waals surface area contributed by atoms with E-state index >= 15 is 0 Å². The summed E-state index contributed by atoms with van der Waals surface area (Å²) >= 11 is 4.22. The Morgan fingerprint density at radius 2 is 2.00 bits per heavy atom. The minimum Gasteiger partial charge on any atom is -0.380 e. The first-order chi connectivity index (χ1) is 7.65. The molecule has 1 aromatic heterocycles. The lowest BCUT2D eigenvalue weighted by atomic mass is 10.2. The van der Waals surface area contributed by atoms with Crippen LogP contribution < -0.4 is 5.32 Å². The number of hydrogen-bond donors (Lipinski definition) is 1. The fourth-order valence-electron chi connectivity index (χ4n) is 1.47. The van der Waals surface area contributed by atoms with Gasteiger partial charge in [0.25, 0.3) is 0 Å². The van der Waals surface area contributed by atoms with Crippen molar-refractivity contribution < 1.29 is 0 Å². The number of rotatable bonds is 3. The van der Waals surface area contributed by atoms with Crippen LogP contribution in [0.1, 0.15) is 15.3 Å². The van der Waals surface area contributed by atoms with Crippen LogP contribution in [0.4, 0.5) is 5.69 Å². The summed E-state index contributed by atoms with van der Waals surface area (Å²) in [6.45, 7) is 5.19. The average molecular weight is 343 g/mol. The summed E-state index contributed by atoms with van der Waals surface area (Å²) in [5.74, 6) is 0. The van der Waals surface area contributed by atoms with Gasteiger partial charge in [0.15, 0.2) is 0 Å². The van der Waals surface area contributed by atoms with E-state index in [9.17, 15) is 0 Å². The van der Waals surface area contributed by atoms with Gasteiger partial charge in [-0.2, -0.15) is 0 Å². The third-order valence-electron chi connectivity index (χ3n) is 2.43. The highest BCUT2D eigenvalue weighted by Crippen LogP contribution is 2.20. The zero-order valence-corrected chi connectivity index (χ0v) is 12.4. The first-order valence-corrected chi connectivity index (χ1v) is 7.10. The minimum absolute atomic E-state index is 0.914. The van der Waals surface area contributed by atoms with E-state index in [4.69, 9.17) is 0 Å². The Hall–Kier alpha value is -0.550. The van der Waals surface area contributed by atoms with Crippen LogP contribution in [0, 0.1) is 17.4 Å². The maximum absolute atomic E-state index is 3.45. The molecule has 0 amide bonds. The third-order valence-corrected chi connectivity index (χ3v) is 4.60. The SMILES string of the molecule is Cc1ccc(CNc2ccc(C)c(I)c2)s1. The van der Waals surface area contributed by atoms with Gasteiger partial charge < -0.3 is 5.32 Å². The van der Waals surface area contributed by atoms with Gasteiger partial charge in [0, 0.05) is 25.6 Å². The van der Waals surface area contributed by atoms with Gasteiger partial charge in [-0.1, -0.05) is 6.07 Å². The van der Waals surface area contributed by atoms with Crippen LogP contribution in [-0.4, -0.2) is 0 Å². The smallest absolute Gasteiger partial charge is 0.0494 e. The van der Waals surface area contributed by atoms with Gasteiger partial charge in [-0.05, 0) is 66.3 Å². The summed E-state index contributed by atoms with van der Waals surface area (Å²) < 4.78 is 1.31. The summed E-state index contributed by atoms with van der Waals surface area (Å²) in [5.41, 5.74) is 2.53. The number of hydrogen-bond acceptors (Lipinski definition) is 2. The van der Waals surface area contributed by atoms with Crippen molar-refractivity contribution in [2.45, 2.75) is 20.4 Å². The maximum Gasteiger partial charge on any atom is 0.0494 e. The number of nitrogens with one attached hydrogen (secondary N) is 1. The van der Waals surface area contributed by atoms with Crippen LogP contribution >= 0.6 is 33.9 Å². The molecule has 0 saturated heterocycles. The van der Waals surface area contributed by atoms with Gasteiger partial charge in [-0.3, -0.25) is 0 Å². The van der Waals surface area contributed by atoms with Gasteiger partial charge >= 0.3 is 0 Å². The molecule has 0 aliphatic carbocycles. The van der Waals surface area contributed by atoms with Crippen molar-refractivity contribution in [1.82, 2.24) is 0 Å². The molecule has 0 bridgehead atoms. The molecular formula is C13H14INS. The highest BCUT2D eigenvalue weighted by atomic mass is 127. The first-order valence-electron chi connectivity index (χ1n) is 5.20. The van der Waals surface area contributed by atoms with Gasteiger partial charge in [-0.25, -0.2) is 0 Å². The van der Waals surface area contributed by atoms with E-state index in [2.05, 4.69) is 72.1 Å². The van der Waals surface area contributed by atoms with Crippen molar-refractivity contribution in [3.63, 3.8) is 0 Å². The topological polar surface area (TPSA) is 12.0 Å². The van der Waals surface area contributed by atoms with Crippen LogP contribution in [0.25, 0.3) is 0 Å². The first kappa shape index (κ1) is 11.9. The zero-order valence-electron chi connectivity index (χ0n) is 9.38. The Morgan fingerprint density at radius 3 is 2.62 bits per heavy atom. The van der Waals surface area contributed by atoms with E-state index in [1.54, 1.807) is 0 Å². The van der Waals surface area contributed by atoms with E-state index in [1.807, 2.05) is 11.3 Å².